The standard InChI is InChI=1S/C21H29N3O2/c1-16-7-9-18(10-8-16)15-24-12-11-22-21(26)19(24)13-20(25)23-14-17-5-3-2-4-6-17/h5,7-10,19H,2-4,6,11-15H2,1H3,(H,22,26)(H,23,25). The van der Waals surface area contributed by atoms with Gasteiger partial charge in [0.2, 0.25) is 11.8 Å². The number of allylic oxidation sites excluding steroid dienone is 1. The van der Waals surface area contributed by atoms with Crippen LogP contribution in [0, 0.1) is 6.92 Å². The summed E-state index contributed by atoms with van der Waals surface area (Å²) in [4.78, 5) is 26.9. The molecule has 1 heterocycles. The molecule has 140 valence electrons. The normalized spacial score (nSPS) is 21.0. The van der Waals surface area contributed by atoms with E-state index in [2.05, 4.69) is 52.8 Å². The van der Waals surface area contributed by atoms with Crippen LogP contribution in [0.15, 0.2) is 35.9 Å². The van der Waals surface area contributed by atoms with Gasteiger partial charge in [-0.15, -0.1) is 0 Å². The SMILES string of the molecule is Cc1ccc(CN2CCNC(=O)C2CC(=O)NCC2=CCCCC2)cc1. The van der Waals surface area contributed by atoms with Crippen molar-refractivity contribution in [2.24, 2.45) is 0 Å². The summed E-state index contributed by atoms with van der Waals surface area (Å²) in [6.45, 7) is 4.77. The molecule has 3 rings (SSSR count). The molecule has 5 nitrogen and oxygen atoms in total. The van der Waals surface area contributed by atoms with Gasteiger partial charge in [0.25, 0.3) is 0 Å². The van der Waals surface area contributed by atoms with E-state index in [1.165, 1.54) is 29.5 Å². The summed E-state index contributed by atoms with van der Waals surface area (Å²) in [5.74, 6) is -0.0946. The molecule has 1 fully saturated rings. The predicted octanol–water partition coefficient (Wildman–Crippen LogP) is 2.30. The van der Waals surface area contributed by atoms with Gasteiger partial charge in [0.15, 0.2) is 0 Å². The molecule has 1 unspecified atom stereocenters. The van der Waals surface area contributed by atoms with Crippen LogP contribution in [0.25, 0.3) is 0 Å². The number of nitrogens with one attached hydrogen (secondary N) is 2. The summed E-state index contributed by atoms with van der Waals surface area (Å²) in [6.07, 6.45) is 7.08. The number of carbonyl (C=O) groups is 2. The third-order valence-corrected chi connectivity index (χ3v) is 5.22. The monoisotopic (exact) mass is 355 g/mol. The van der Waals surface area contributed by atoms with E-state index in [1.54, 1.807) is 0 Å². The number of piperazine rings is 1. The second-order valence-corrected chi connectivity index (χ2v) is 7.35. The van der Waals surface area contributed by atoms with E-state index >= 15 is 0 Å². The summed E-state index contributed by atoms with van der Waals surface area (Å²) >= 11 is 0. The van der Waals surface area contributed by atoms with E-state index in [1.807, 2.05) is 0 Å². The van der Waals surface area contributed by atoms with E-state index in [0.717, 1.165) is 19.4 Å². The lowest BCUT2D eigenvalue weighted by Gasteiger charge is -2.34. The Morgan fingerprint density at radius 1 is 1.27 bits per heavy atom. The van der Waals surface area contributed by atoms with Gasteiger partial charge >= 0.3 is 0 Å². The van der Waals surface area contributed by atoms with Gasteiger partial charge < -0.3 is 10.6 Å². The smallest absolute Gasteiger partial charge is 0.237 e. The first-order valence-corrected chi connectivity index (χ1v) is 9.64. The maximum atomic E-state index is 12.4. The number of aryl methyl sites for hydroxylation is 1. The van der Waals surface area contributed by atoms with E-state index in [0.29, 0.717) is 19.6 Å². The van der Waals surface area contributed by atoms with Crippen molar-refractivity contribution < 1.29 is 9.59 Å². The van der Waals surface area contributed by atoms with Gasteiger partial charge in [-0.25, -0.2) is 0 Å². The molecule has 2 aliphatic rings. The molecule has 2 N–H and O–H groups in total. The summed E-state index contributed by atoms with van der Waals surface area (Å²) in [7, 11) is 0. The zero-order chi connectivity index (χ0) is 18.4. The number of nitrogens with zero attached hydrogens (tertiary/aromatic N) is 1. The highest BCUT2D eigenvalue weighted by atomic mass is 16.2. The molecule has 0 bridgehead atoms. The summed E-state index contributed by atoms with van der Waals surface area (Å²) < 4.78 is 0. The Morgan fingerprint density at radius 3 is 2.81 bits per heavy atom. The zero-order valence-corrected chi connectivity index (χ0v) is 15.6. The first kappa shape index (κ1) is 18.6. The van der Waals surface area contributed by atoms with E-state index in [9.17, 15) is 9.59 Å². The van der Waals surface area contributed by atoms with Crippen molar-refractivity contribution in [3.8, 4) is 0 Å². The Labute approximate surface area is 155 Å². The fourth-order valence-corrected chi connectivity index (χ4v) is 3.63. The number of hydrogen-bond donors (Lipinski definition) is 2. The molecule has 0 aromatic heterocycles. The summed E-state index contributed by atoms with van der Waals surface area (Å²) in [6, 6.07) is 7.95. The van der Waals surface area contributed by atoms with Crippen LogP contribution >= 0.6 is 0 Å². The van der Waals surface area contributed by atoms with Crippen LogP contribution < -0.4 is 10.6 Å². The largest absolute Gasteiger partial charge is 0.353 e. The minimum absolute atomic E-state index is 0.0459. The first-order valence-electron chi connectivity index (χ1n) is 9.64. The van der Waals surface area contributed by atoms with E-state index < -0.39 is 6.04 Å². The van der Waals surface area contributed by atoms with Crippen LogP contribution in [-0.2, 0) is 16.1 Å². The maximum absolute atomic E-state index is 12.4. The number of amides is 2. The van der Waals surface area contributed by atoms with Gasteiger partial charge in [0, 0.05) is 26.2 Å². The molecular formula is C21H29N3O2. The van der Waals surface area contributed by atoms with E-state index in [4.69, 9.17) is 0 Å². The van der Waals surface area contributed by atoms with Crippen LogP contribution in [-0.4, -0.2) is 42.4 Å². The lowest BCUT2D eigenvalue weighted by molar-refractivity contribution is -0.134. The van der Waals surface area contributed by atoms with Crippen molar-refractivity contribution in [2.45, 2.75) is 51.6 Å². The Kier molecular flexibility index (Phi) is 6.45. The maximum Gasteiger partial charge on any atom is 0.237 e. The van der Waals surface area contributed by atoms with Gasteiger partial charge in [-0.3, -0.25) is 14.5 Å². The van der Waals surface area contributed by atoms with Gasteiger partial charge in [0.1, 0.15) is 0 Å². The van der Waals surface area contributed by atoms with Crippen molar-refractivity contribution in [1.29, 1.82) is 0 Å². The molecule has 1 saturated heterocycles. The molecule has 0 spiro atoms. The van der Waals surface area contributed by atoms with Crippen molar-refractivity contribution in [2.75, 3.05) is 19.6 Å². The van der Waals surface area contributed by atoms with Crippen molar-refractivity contribution >= 4 is 11.8 Å². The van der Waals surface area contributed by atoms with Crippen LogP contribution in [0.2, 0.25) is 0 Å². The molecule has 2 amide bonds. The lowest BCUT2D eigenvalue weighted by Crippen LogP contribution is -2.56. The Hall–Kier alpha value is -2.14. The van der Waals surface area contributed by atoms with Crippen LogP contribution in [0.4, 0.5) is 0 Å². The average Bonchev–Trinajstić information content (AvgIpc) is 2.65. The number of hydrogen-bond acceptors (Lipinski definition) is 3. The predicted molar refractivity (Wildman–Crippen MR) is 103 cm³/mol. The Balaban J connectivity index is 1.57. The van der Waals surface area contributed by atoms with Gasteiger partial charge in [0.05, 0.1) is 12.5 Å². The third-order valence-electron chi connectivity index (χ3n) is 5.22. The molecule has 1 aromatic carbocycles. The van der Waals surface area contributed by atoms with Crippen LogP contribution in [0.5, 0.6) is 0 Å². The number of benzene rings is 1. The van der Waals surface area contributed by atoms with E-state index in [-0.39, 0.29) is 18.2 Å². The highest BCUT2D eigenvalue weighted by Gasteiger charge is 2.31. The summed E-state index contributed by atoms with van der Waals surface area (Å²) in [5, 5.41) is 5.89. The highest BCUT2D eigenvalue weighted by Crippen LogP contribution is 2.17. The quantitative estimate of drug-likeness (QED) is 0.770. The molecule has 0 saturated carbocycles. The third kappa shape index (κ3) is 5.18. The molecule has 1 aliphatic carbocycles. The van der Waals surface area contributed by atoms with Gasteiger partial charge in [-0.2, -0.15) is 0 Å². The molecule has 0 radical (unpaired) electrons. The minimum atomic E-state index is -0.398. The fraction of sp³-hybridized carbons (Fsp3) is 0.524. The van der Waals surface area contributed by atoms with Gasteiger partial charge in [-0.05, 0) is 38.2 Å². The minimum Gasteiger partial charge on any atom is -0.353 e. The van der Waals surface area contributed by atoms with Crippen molar-refractivity contribution in [3.63, 3.8) is 0 Å². The van der Waals surface area contributed by atoms with Gasteiger partial charge in [-0.1, -0.05) is 41.5 Å². The van der Waals surface area contributed by atoms with Crippen molar-refractivity contribution in [3.05, 3.63) is 47.0 Å². The highest BCUT2D eigenvalue weighted by molar-refractivity contribution is 5.88. The molecule has 26 heavy (non-hydrogen) atoms. The van der Waals surface area contributed by atoms with Crippen molar-refractivity contribution in [1.82, 2.24) is 15.5 Å². The first-order chi connectivity index (χ1) is 12.6. The van der Waals surface area contributed by atoms with Crippen LogP contribution in [0.1, 0.15) is 43.2 Å². The molecule has 1 aliphatic heterocycles. The molecule has 1 aromatic rings. The molecule has 5 heteroatoms. The topological polar surface area (TPSA) is 61.4 Å². The molecule has 1 atom stereocenters. The van der Waals surface area contributed by atoms with Crippen LogP contribution in [0.3, 0.4) is 0 Å². The number of carbonyl (C=O) groups excluding carboxylic acids is 2. The average molecular weight is 355 g/mol. The lowest BCUT2D eigenvalue weighted by atomic mass is 9.99. The molecular weight excluding hydrogens is 326 g/mol. The number of rotatable bonds is 6. The second-order valence-electron chi connectivity index (χ2n) is 7.35. The fourth-order valence-electron chi connectivity index (χ4n) is 3.63. The summed E-state index contributed by atoms with van der Waals surface area (Å²) in [5.41, 5.74) is 3.70. The zero-order valence-electron chi connectivity index (χ0n) is 15.6. The Bertz CT molecular complexity index is 666. The Morgan fingerprint density at radius 2 is 2.08 bits per heavy atom. The second kappa shape index (κ2) is 8.99.